The van der Waals surface area contributed by atoms with Crippen LogP contribution < -0.4 is 9.64 Å². The van der Waals surface area contributed by atoms with E-state index in [1.807, 2.05) is 11.8 Å². The number of aromatic nitrogens is 1. The van der Waals surface area contributed by atoms with Crippen LogP contribution in [0.15, 0.2) is 24.3 Å². The SMILES string of the molecule is COc1ccc(-c2nc(C(F)(F)F)sc2N2CCN(C(C)=O)[C@H](C)C2)cc1. The third kappa shape index (κ3) is 4.02. The van der Waals surface area contributed by atoms with Crippen molar-refractivity contribution in [3.8, 4) is 17.0 Å². The van der Waals surface area contributed by atoms with Crippen molar-refractivity contribution in [2.75, 3.05) is 31.6 Å². The van der Waals surface area contributed by atoms with Crippen molar-refractivity contribution in [3.63, 3.8) is 0 Å². The number of hydrogen-bond donors (Lipinski definition) is 0. The minimum atomic E-state index is -4.50. The number of rotatable bonds is 3. The summed E-state index contributed by atoms with van der Waals surface area (Å²) in [7, 11) is 1.53. The standard InChI is InChI=1S/C18H20F3N3O2S/c1-11-10-23(8-9-24(11)12(2)25)16-15(22-17(27-16)18(19,20)21)13-4-6-14(26-3)7-5-13/h4-7,11H,8-10H2,1-3H3/t11-/m1/s1. The van der Waals surface area contributed by atoms with Crippen LogP contribution in [0.1, 0.15) is 18.9 Å². The van der Waals surface area contributed by atoms with Gasteiger partial charge in [-0.25, -0.2) is 4.98 Å². The van der Waals surface area contributed by atoms with E-state index in [9.17, 15) is 18.0 Å². The first-order chi connectivity index (χ1) is 12.7. The number of methoxy groups -OCH3 is 1. The zero-order valence-corrected chi connectivity index (χ0v) is 16.0. The Bertz CT molecular complexity index is 820. The molecule has 0 N–H and O–H groups in total. The number of piperazine rings is 1. The zero-order valence-electron chi connectivity index (χ0n) is 15.2. The van der Waals surface area contributed by atoms with Crippen LogP contribution in [-0.2, 0) is 11.0 Å². The first kappa shape index (κ1) is 19.5. The molecule has 3 rings (SSSR count). The van der Waals surface area contributed by atoms with Gasteiger partial charge in [0, 0.05) is 38.2 Å². The summed E-state index contributed by atoms with van der Waals surface area (Å²) in [5, 5.41) is -0.396. The average molecular weight is 399 g/mol. The number of anilines is 1. The predicted molar refractivity (Wildman–Crippen MR) is 98.2 cm³/mol. The summed E-state index contributed by atoms with van der Waals surface area (Å²) in [5.74, 6) is 0.591. The number of alkyl halides is 3. The molecule has 1 saturated heterocycles. The lowest BCUT2D eigenvalue weighted by atomic mass is 10.1. The minimum Gasteiger partial charge on any atom is -0.497 e. The number of carbonyl (C=O) groups excluding carboxylic acids is 1. The fourth-order valence-electron chi connectivity index (χ4n) is 3.19. The number of carbonyl (C=O) groups is 1. The van der Waals surface area contributed by atoms with Crippen molar-refractivity contribution in [2.45, 2.75) is 26.1 Å². The van der Waals surface area contributed by atoms with Gasteiger partial charge in [0.15, 0.2) is 0 Å². The summed E-state index contributed by atoms with van der Waals surface area (Å²) in [6.07, 6.45) is -4.50. The lowest BCUT2D eigenvalue weighted by molar-refractivity contribution is -0.137. The molecule has 2 heterocycles. The first-order valence-corrected chi connectivity index (χ1v) is 9.27. The second-order valence-electron chi connectivity index (χ2n) is 6.41. The van der Waals surface area contributed by atoms with E-state index in [2.05, 4.69) is 4.98 Å². The summed E-state index contributed by atoms with van der Waals surface area (Å²) >= 11 is 0.645. The van der Waals surface area contributed by atoms with E-state index in [1.54, 1.807) is 29.2 Å². The lowest BCUT2D eigenvalue weighted by Crippen LogP contribution is -2.53. The Balaban J connectivity index is 1.98. The summed E-state index contributed by atoms with van der Waals surface area (Å²) in [6.45, 7) is 4.79. The monoisotopic (exact) mass is 399 g/mol. The molecule has 2 aromatic rings. The fourth-order valence-corrected chi connectivity index (χ4v) is 4.19. The third-order valence-electron chi connectivity index (χ3n) is 4.53. The maximum Gasteiger partial charge on any atom is 0.443 e. The van der Waals surface area contributed by atoms with Crippen LogP contribution in [0.25, 0.3) is 11.3 Å². The molecule has 1 fully saturated rings. The number of ether oxygens (including phenoxy) is 1. The predicted octanol–water partition coefficient (Wildman–Crippen LogP) is 3.89. The molecule has 0 spiro atoms. The quantitative estimate of drug-likeness (QED) is 0.786. The van der Waals surface area contributed by atoms with Crippen molar-refractivity contribution in [2.24, 2.45) is 0 Å². The minimum absolute atomic E-state index is 0.0298. The number of benzene rings is 1. The Kier molecular flexibility index (Phi) is 5.32. The summed E-state index contributed by atoms with van der Waals surface area (Å²) in [4.78, 5) is 19.2. The Morgan fingerprint density at radius 2 is 1.93 bits per heavy atom. The van der Waals surface area contributed by atoms with Crippen LogP contribution in [0.4, 0.5) is 18.2 Å². The summed E-state index contributed by atoms with van der Waals surface area (Å²) in [5.41, 5.74) is 0.901. The van der Waals surface area contributed by atoms with Gasteiger partial charge in [0.2, 0.25) is 10.9 Å². The fraction of sp³-hybridized carbons (Fsp3) is 0.444. The van der Waals surface area contributed by atoms with Gasteiger partial charge in [-0.2, -0.15) is 13.2 Å². The second kappa shape index (κ2) is 7.38. The number of nitrogens with zero attached hydrogens (tertiary/aromatic N) is 3. The Morgan fingerprint density at radius 3 is 2.44 bits per heavy atom. The average Bonchev–Trinajstić information content (AvgIpc) is 3.07. The molecule has 0 saturated carbocycles. The Hall–Kier alpha value is -2.29. The van der Waals surface area contributed by atoms with Gasteiger partial charge in [-0.15, -0.1) is 0 Å². The molecule has 27 heavy (non-hydrogen) atoms. The normalized spacial score (nSPS) is 17.9. The molecule has 1 aliphatic rings. The molecule has 0 radical (unpaired) electrons. The van der Waals surface area contributed by atoms with Crippen molar-refractivity contribution in [1.82, 2.24) is 9.88 Å². The van der Waals surface area contributed by atoms with E-state index in [1.165, 1.54) is 14.0 Å². The van der Waals surface area contributed by atoms with E-state index < -0.39 is 11.2 Å². The van der Waals surface area contributed by atoms with E-state index in [4.69, 9.17) is 4.74 Å². The molecule has 1 aliphatic heterocycles. The van der Waals surface area contributed by atoms with E-state index in [0.29, 0.717) is 53.0 Å². The molecular weight excluding hydrogens is 379 g/mol. The highest BCUT2D eigenvalue weighted by atomic mass is 32.1. The Morgan fingerprint density at radius 1 is 1.26 bits per heavy atom. The van der Waals surface area contributed by atoms with Crippen LogP contribution in [0.3, 0.4) is 0 Å². The van der Waals surface area contributed by atoms with Gasteiger partial charge >= 0.3 is 6.18 Å². The topological polar surface area (TPSA) is 45.7 Å². The smallest absolute Gasteiger partial charge is 0.443 e. The molecule has 146 valence electrons. The molecule has 1 atom stereocenters. The van der Waals surface area contributed by atoms with E-state index >= 15 is 0 Å². The van der Waals surface area contributed by atoms with Crippen LogP contribution in [0, 0.1) is 0 Å². The molecule has 1 aromatic carbocycles. The largest absolute Gasteiger partial charge is 0.497 e. The second-order valence-corrected chi connectivity index (χ2v) is 7.38. The number of amides is 1. The summed E-state index contributed by atoms with van der Waals surface area (Å²) < 4.78 is 45.0. The number of hydrogen-bond acceptors (Lipinski definition) is 5. The number of thiazole rings is 1. The van der Waals surface area contributed by atoms with Gasteiger partial charge < -0.3 is 14.5 Å². The lowest BCUT2D eigenvalue weighted by Gasteiger charge is -2.40. The van der Waals surface area contributed by atoms with Crippen molar-refractivity contribution in [3.05, 3.63) is 29.3 Å². The molecule has 5 nitrogen and oxygen atoms in total. The van der Waals surface area contributed by atoms with Gasteiger partial charge in [0.25, 0.3) is 0 Å². The van der Waals surface area contributed by atoms with Gasteiger partial charge in [0.1, 0.15) is 16.4 Å². The first-order valence-electron chi connectivity index (χ1n) is 8.45. The zero-order chi connectivity index (χ0) is 19.8. The highest BCUT2D eigenvalue weighted by molar-refractivity contribution is 7.16. The molecule has 0 aliphatic carbocycles. The molecule has 1 amide bonds. The molecule has 9 heteroatoms. The highest BCUT2D eigenvalue weighted by Gasteiger charge is 2.38. The van der Waals surface area contributed by atoms with Gasteiger partial charge in [-0.05, 0) is 31.2 Å². The van der Waals surface area contributed by atoms with Crippen molar-refractivity contribution in [1.29, 1.82) is 0 Å². The van der Waals surface area contributed by atoms with Crippen LogP contribution in [-0.4, -0.2) is 48.6 Å². The Labute approximate surface area is 159 Å². The third-order valence-corrected chi connectivity index (χ3v) is 5.70. The molecule has 0 unspecified atom stereocenters. The molecule has 0 bridgehead atoms. The van der Waals surface area contributed by atoms with Crippen LogP contribution >= 0.6 is 11.3 Å². The van der Waals surface area contributed by atoms with Gasteiger partial charge in [0.05, 0.1) is 7.11 Å². The van der Waals surface area contributed by atoms with Crippen LogP contribution in [0.5, 0.6) is 5.75 Å². The van der Waals surface area contributed by atoms with Gasteiger partial charge in [-0.3, -0.25) is 4.79 Å². The van der Waals surface area contributed by atoms with Gasteiger partial charge in [-0.1, -0.05) is 11.3 Å². The van der Waals surface area contributed by atoms with E-state index in [-0.39, 0.29) is 11.9 Å². The summed E-state index contributed by atoms with van der Waals surface area (Å²) in [6, 6.07) is 6.71. The maximum atomic E-state index is 13.3. The van der Waals surface area contributed by atoms with Crippen LogP contribution in [0.2, 0.25) is 0 Å². The van der Waals surface area contributed by atoms with E-state index in [0.717, 1.165) is 0 Å². The van der Waals surface area contributed by atoms with Crippen molar-refractivity contribution < 1.29 is 22.7 Å². The molecular formula is C18H20F3N3O2S. The highest BCUT2D eigenvalue weighted by Crippen LogP contribution is 2.43. The number of halogens is 3. The maximum absolute atomic E-state index is 13.3. The molecule has 1 aromatic heterocycles. The van der Waals surface area contributed by atoms with Crippen molar-refractivity contribution >= 4 is 22.2 Å².